The largest absolute Gasteiger partial charge is 0.324 e. The van der Waals surface area contributed by atoms with Crippen molar-refractivity contribution in [3.63, 3.8) is 0 Å². The molecule has 0 saturated heterocycles. The zero-order chi connectivity index (χ0) is 16.7. The lowest BCUT2D eigenvalue weighted by Gasteiger charge is -2.17. The highest BCUT2D eigenvalue weighted by molar-refractivity contribution is 7.09. The summed E-state index contributed by atoms with van der Waals surface area (Å²) in [6.07, 6.45) is 0. The molecule has 3 nitrogen and oxygen atoms in total. The van der Waals surface area contributed by atoms with Crippen molar-refractivity contribution in [2.24, 2.45) is 12.0 Å². The summed E-state index contributed by atoms with van der Waals surface area (Å²) >= 11 is 7.65. The predicted octanol–water partition coefficient (Wildman–Crippen LogP) is 4.40. The average Bonchev–Trinajstić information content (AvgIpc) is 2.70. The zero-order valence-electron chi connectivity index (χ0n) is 13.8. The first kappa shape index (κ1) is 17.0. The first-order valence-corrected chi connectivity index (χ1v) is 8.33. The molecule has 0 atom stereocenters. The molecule has 0 unspecified atom stereocenters. The lowest BCUT2D eigenvalue weighted by molar-refractivity contribution is 0.0997. The van der Waals surface area contributed by atoms with Gasteiger partial charge in [0.05, 0.1) is 0 Å². The van der Waals surface area contributed by atoms with Gasteiger partial charge in [0.1, 0.15) is 0 Å². The molecule has 0 bridgehead atoms. The Morgan fingerprint density at radius 1 is 1.27 bits per heavy atom. The van der Waals surface area contributed by atoms with Crippen LogP contribution < -0.4 is 4.80 Å². The highest BCUT2D eigenvalue weighted by atomic mass is 35.5. The van der Waals surface area contributed by atoms with E-state index in [0.717, 1.165) is 11.3 Å². The van der Waals surface area contributed by atoms with Crippen molar-refractivity contribution in [1.82, 2.24) is 4.57 Å². The minimum Gasteiger partial charge on any atom is -0.324 e. The number of halogens is 1. The molecule has 2 aromatic rings. The molecule has 0 N–H and O–H groups in total. The predicted molar refractivity (Wildman–Crippen MR) is 92.8 cm³/mol. The van der Waals surface area contributed by atoms with Crippen LogP contribution in [0.25, 0.3) is 0 Å². The monoisotopic (exact) mass is 336 g/mol. The van der Waals surface area contributed by atoms with Gasteiger partial charge in [-0.2, -0.15) is 4.99 Å². The molecule has 1 aromatic heterocycles. The van der Waals surface area contributed by atoms with Gasteiger partial charge in [0.15, 0.2) is 4.80 Å². The topological polar surface area (TPSA) is 34.4 Å². The second-order valence-electron chi connectivity index (χ2n) is 6.44. The Hall–Kier alpha value is -1.39. The van der Waals surface area contributed by atoms with E-state index in [2.05, 4.69) is 32.7 Å². The fourth-order valence-electron chi connectivity index (χ4n) is 2.31. The molecule has 1 heterocycles. The standard InChI is InChI=1S/C17H21ClN2OS/c1-10-12(8-7-9-13(10)18)15(21)19-16-20(6)11(2)14(22-16)17(3,4)5/h7-9H,1-6H3. The Labute approximate surface area is 140 Å². The number of rotatable bonds is 1. The van der Waals surface area contributed by atoms with Gasteiger partial charge in [0, 0.05) is 28.2 Å². The van der Waals surface area contributed by atoms with Crippen molar-refractivity contribution < 1.29 is 4.79 Å². The first-order chi connectivity index (χ1) is 10.1. The summed E-state index contributed by atoms with van der Waals surface area (Å²) in [5.74, 6) is -0.252. The number of amides is 1. The van der Waals surface area contributed by atoms with E-state index < -0.39 is 0 Å². The van der Waals surface area contributed by atoms with Gasteiger partial charge >= 0.3 is 0 Å². The van der Waals surface area contributed by atoms with E-state index >= 15 is 0 Å². The van der Waals surface area contributed by atoms with Gasteiger partial charge in [-0.3, -0.25) is 4.79 Å². The molecule has 0 aliphatic carbocycles. The summed E-state index contributed by atoms with van der Waals surface area (Å²) in [5, 5.41) is 0.586. The average molecular weight is 337 g/mol. The van der Waals surface area contributed by atoms with Gasteiger partial charge in [-0.05, 0) is 37.0 Å². The van der Waals surface area contributed by atoms with Crippen LogP contribution in [0.4, 0.5) is 0 Å². The van der Waals surface area contributed by atoms with Crippen LogP contribution in [0.2, 0.25) is 5.02 Å². The maximum absolute atomic E-state index is 12.5. The van der Waals surface area contributed by atoms with Gasteiger partial charge in [0.2, 0.25) is 0 Å². The minimum atomic E-state index is -0.252. The summed E-state index contributed by atoms with van der Waals surface area (Å²) in [6, 6.07) is 5.32. The van der Waals surface area contributed by atoms with Crippen molar-refractivity contribution in [3.05, 3.63) is 49.7 Å². The fourth-order valence-corrected chi connectivity index (χ4v) is 3.66. The summed E-state index contributed by atoms with van der Waals surface area (Å²) in [6.45, 7) is 10.4. The summed E-state index contributed by atoms with van der Waals surface area (Å²) in [7, 11) is 1.94. The van der Waals surface area contributed by atoms with E-state index in [0.29, 0.717) is 15.4 Å². The molecule has 1 aromatic carbocycles. The fraction of sp³-hybridized carbons (Fsp3) is 0.412. The number of nitrogens with zero attached hydrogens (tertiary/aromatic N) is 2. The second kappa shape index (κ2) is 6.01. The van der Waals surface area contributed by atoms with Crippen LogP contribution in [0.5, 0.6) is 0 Å². The van der Waals surface area contributed by atoms with E-state index in [1.807, 2.05) is 18.5 Å². The Morgan fingerprint density at radius 2 is 1.91 bits per heavy atom. The zero-order valence-corrected chi connectivity index (χ0v) is 15.4. The Balaban J connectivity index is 2.55. The highest BCUT2D eigenvalue weighted by Gasteiger charge is 2.21. The summed E-state index contributed by atoms with van der Waals surface area (Å²) in [4.78, 5) is 18.7. The molecule has 22 heavy (non-hydrogen) atoms. The number of hydrogen-bond acceptors (Lipinski definition) is 2. The van der Waals surface area contributed by atoms with Crippen molar-refractivity contribution in [2.75, 3.05) is 0 Å². The van der Waals surface area contributed by atoms with Crippen LogP contribution in [-0.4, -0.2) is 10.5 Å². The Bertz CT molecular complexity index is 794. The third-order valence-corrected chi connectivity index (χ3v) is 5.76. The van der Waals surface area contributed by atoms with Crippen LogP contribution in [0.3, 0.4) is 0 Å². The molecular weight excluding hydrogens is 316 g/mol. The normalized spacial score (nSPS) is 12.8. The second-order valence-corrected chi connectivity index (χ2v) is 7.82. The molecule has 5 heteroatoms. The minimum absolute atomic E-state index is 0.0370. The van der Waals surface area contributed by atoms with Crippen molar-refractivity contribution >= 4 is 28.8 Å². The number of carbonyl (C=O) groups excluding carboxylic acids is 1. The van der Waals surface area contributed by atoms with Crippen LogP contribution in [0, 0.1) is 13.8 Å². The first-order valence-electron chi connectivity index (χ1n) is 7.14. The summed E-state index contributed by atoms with van der Waals surface area (Å²) in [5.41, 5.74) is 2.50. The highest BCUT2D eigenvalue weighted by Crippen LogP contribution is 2.27. The SMILES string of the molecule is Cc1c(Cl)cccc1C(=O)N=c1sc(C(C)(C)C)c(C)n1C. The van der Waals surface area contributed by atoms with Crippen molar-refractivity contribution in [3.8, 4) is 0 Å². The van der Waals surface area contributed by atoms with E-state index in [4.69, 9.17) is 11.6 Å². The third kappa shape index (κ3) is 3.18. The molecule has 2 rings (SSSR count). The molecular formula is C17H21ClN2OS. The molecule has 0 spiro atoms. The van der Waals surface area contributed by atoms with E-state index in [1.54, 1.807) is 29.5 Å². The maximum atomic E-state index is 12.5. The van der Waals surface area contributed by atoms with Gasteiger partial charge in [0.25, 0.3) is 5.91 Å². The molecule has 118 valence electrons. The van der Waals surface area contributed by atoms with Crippen molar-refractivity contribution in [1.29, 1.82) is 0 Å². The van der Waals surface area contributed by atoms with Gasteiger partial charge in [-0.1, -0.05) is 38.4 Å². The van der Waals surface area contributed by atoms with E-state index in [1.165, 1.54) is 4.88 Å². The third-order valence-electron chi connectivity index (χ3n) is 3.69. The van der Waals surface area contributed by atoms with Crippen LogP contribution in [-0.2, 0) is 12.5 Å². The van der Waals surface area contributed by atoms with Gasteiger partial charge in [-0.25, -0.2) is 0 Å². The van der Waals surface area contributed by atoms with Crippen LogP contribution in [0.15, 0.2) is 23.2 Å². The van der Waals surface area contributed by atoms with E-state index in [-0.39, 0.29) is 11.3 Å². The molecule has 0 aliphatic heterocycles. The maximum Gasteiger partial charge on any atom is 0.279 e. The number of hydrogen-bond donors (Lipinski definition) is 0. The van der Waals surface area contributed by atoms with Gasteiger partial charge in [-0.15, -0.1) is 11.3 Å². The van der Waals surface area contributed by atoms with Gasteiger partial charge < -0.3 is 4.57 Å². The summed E-state index contributed by atoms with van der Waals surface area (Å²) < 4.78 is 1.98. The lowest BCUT2D eigenvalue weighted by Crippen LogP contribution is -2.15. The van der Waals surface area contributed by atoms with E-state index in [9.17, 15) is 4.79 Å². The van der Waals surface area contributed by atoms with Crippen LogP contribution >= 0.6 is 22.9 Å². The number of aromatic nitrogens is 1. The van der Waals surface area contributed by atoms with Crippen LogP contribution in [0.1, 0.15) is 47.3 Å². The molecule has 1 amide bonds. The molecule has 0 saturated carbocycles. The van der Waals surface area contributed by atoms with Crippen molar-refractivity contribution in [2.45, 2.75) is 40.0 Å². The smallest absolute Gasteiger partial charge is 0.279 e. The quantitative estimate of drug-likeness (QED) is 0.760. The molecule has 0 fully saturated rings. The Morgan fingerprint density at radius 3 is 2.45 bits per heavy atom. The Kier molecular flexibility index (Phi) is 4.64. The molecule has 0 radical (unpaired) electrons. The number of carbonyl (C=O) groups is 1. The number of thiazole rings is 1. The number of benzene rings is 1. The molecule has 0 aliphatic rings. The lowest BCUT2D eigenvalue weighted by atomic mass is 9.93.